The van der Waals surface area contributed by atoms with Gasteiger partial charge in [0.1, 0.15) is 15.7 Å². The quantitative estimate of drug-likeness (QED) is 0.220. The van der Waals surface area contributed by atoms with E-state index in [0.717, 1.165) is 10.6 Å². The second-order valence-corrected chi connectivity index (χ2v) is 8.17. The number of aromatic nitrogens is 1. The highest BCUT2D eigenvalue weighted by Gasteiger charge is 2.20. The fourth-order valence-electron chi connectivity index (χ4n) is 2.84. The van der Waals surface area contributed by atoms with Crippen LogP contribution in [-0.4, -0.2) is 49.6 Å². The lowest BCUT2D eigenvalue weighted by Gasteiger charge is -2.17. The summed E-state index contributed by atoms with van der Waals surface area (Å²) in [6, 6.07) is 4.95. The summed E-state index contributed by atoms with van der Waals surface area (Å²) in [5.41, 5.74) is 2.27. The van der Waals surface area contributed by atoms with Gasteiger partial charge in [0.15, 0.2) is 5.96 Å². The van der Waals surface area contributed by atoms with Crippen LogP contribution in [0.15, 0.2) is 23.2 Å². The minimum Gasteiger partial charge on any atom is -0.462 e. The summed E-state index contributed by atoms with van der Waals surface area (Å²) in [7, 11) is 5.50. The molecule has 0 spiro atoms. The number of esters is 1. The van der Waals surface area contributed by atoms with Crippen molar-refractivity contribution >= 4 is 47.2 Å². The minimum absolute atomic E-state index is 0. The highest BCUT2D eigenvalue weighted by atomic mass is 127. The fourth-order valence-corrected chi connectivity index (χ4v) is 3.80. The van der Waals surface area contributed by atoms with E-state index in [2.05, 4.69) is 20.6 Å². The van der Waals surface area contributed by atoms with Gasteiger partial charge in [0, 0.05) is 25.7 Å². The van der Waals surface area contributed by atoms with Crippen LogP contribution in [0.25, 0.3) is 0 Å². The largest absolute Gasteiger partial charge is 0.462 e. The maximum atomic E-state index is 14.0. The van der Waals surface area contributed by atoms with Gasteiger partial charge in [0.2, 0.25) is 0 Å². The van der Waals surface area contributed by atoms with Gasteiger partial charge in [0.25, 0.3) is 0 Å². The number of hydrogen-bond donors (Lipinski definition) is 2. The predicted octanol–water partition coefficient (Wildman–Crippen LogP) is 3.87. The number of aryl methyl sites for hydroxylation is 1. The number of halogens is 2. The standard InChI is InChI=1S/C21H30FN5O2S.HI/c1-7-29-20(28)18-13(2)25-19(30-18)14(3)26-21(23-4)24-11-15-8-9-17(22)16(10-15)12-27(5)6;/h8-10,14H,7,11-12H2,1-6H3,(H2,23,24,26);1H. The zero-order valence-electron chi connectivity index (χ0n) is 18.8. The third kappa shape index (κ3) is 8.00. The molecule has 2 rings (SSSR count). The molecule has 1 aromatic carbocycles. The third-order valence-corrected chi connectivity index (χ3v) is 5.60. The molecule has 0 aliphatic carbocycles. The number of rotatable bonds is 8. The zero-order chi connectivity index (χ0) is 22.3. The number of guanidine groups is 1. The molecule has 0 radical (unpaired) electrons. The molecule has 1 heterocycles. The fraction of sp³-hybridized carbons (Fsp3) is 0.476. The van der Waals surface area contributed by atoms with Crippen molar-refractivity contribution in [3.8, 4) is 0 Å². The summed E-state index contributed by atoms with van der Waals surface area (Å²) >= 11 is 1.31. The van der Waals surface area contributed by atoms with Crippen molar-refractivity contribution in [2.24, 2.45) is 4.99 Å². The topological polar surface area (TPSA) is 78.8 Å². The Labute approximate surface area is 204 Å². The lowest BCUT2D eigenvalue weighted by molar-refractivity contribution is 0.0531. The van der Waals surface area contributed by atoms with Crippen LogP contribution in [0.3, 0.4) is 0 Å². The molecule has 0 amide bonds. The highest BCUT2D eigenvalue weighted by molar-refractivity contribution is 14.0. The van der Waals surface area contributed by atoms with Crippen molar-refractivity contribution in [3.05, 3.63) is 50.7 Å². The van der Waals surface area contributed by atoms with Crippen LogP contribution in [-0.2, 0) is 17.8 Å². The average molecular weight is 563 g/mol. The Morgan fingerprint density at radius 1 is 1.39 bits per heavy atom. The molecular formula is C21H31FIN5O2S. The van der Waals surface area contributed by atoms with Gasteiger partial charge in [0.05, 0.1) is 18.3 Å². The summed E-state index contributed by atoms with van der Waals surface area (Å²) < 4.78 is 19.1. The Morgan fingerprint density at radius 2 is 2.10 bits per heavy atom. The van der Waals surface area contributed by atoms with E-state index < -0.39 is 0 Å². The summed E-state index contributed by atoms with van der Waals surface area (Å²) in [5.74, 6) is 0.0324. The molecule has 31 heavy (non-hydrogen) atoms. The molecule has 0 aliphatic rings. The molecule has 1 aromatic heterocycles. The first-order valence-corrected chi connectivity index (χ1v) is 10.6. The Hall–Kier alpha value is -1.79. The van der Waals surface area contributed by atoms with E-state index in [1.807, 2.05) is 32.0 Å². The Kier molecular flexibility index (Phi) is 11.4. The van der Waals surface area contributed by atoms with Gasteiger partial charge < -0.3 is 20.3 Å². The first-order chi connectivity index (χ1) is 14.2. The molecule has 2 N–H and O–H groups in total. The summed E-state index contributed by atoms with van der Waals surface area (Å²) in [4.78, 5) is 23.2. The smallest absolute Gasteiger partial charge is 0.350 e. The summed E-state index contributed by atoms with van der Waals surface area (Å²) in [6.45, 7) is 6.89. The number of nitrogens with zero attached hydrogens (tertiary/aromatic N) is 3. The van der Waals surface area contributed by atoms with E-state index in [9.17, 15) is 9.18 Å². The number of hydrogen-bond acceptors (Lipinski definition) is 6. The Bertz CT molecular complexity index is 904. The zero-order valence-corrected chi connectivity index (χ0v) is 21.9. The van der Waals surface area contributed by atoms with Crippen molar-refractivity contribution in [2.45, 2.75) is 39.9 Å². The molecule has 0 aliphatic heterocycles. The molecule has 0 saturated heterocycles. The van der Waals surface area contributed by atoms with Gasteiger partial charge in [-0.3, -0.25) is 4.99 Å². The lowest BCUT2D eigenvalue weighted by atomic mass is 10.1. The van der Waals surface area contributed by atoms with Gasteiger partial charge >= 0.3 is 5.97 Å². The number of carbonyl (C=O) groups is 1. The molecule has 0 saturated carbocycles. The molecule has 1 unspecified atom stereocenters. The highest BCUT2D eigenvalue weighted by Crippen LogP contribution is 2.24. The van der Waals surface area contributed by atoms with Gasteiger partial charge in [-0.15, -0.1) is 35.3 Å². The van der Waals surface area contributed by atoms with E-state index in [0.29, 0.717) is 41.8 Å². The molecule has 10 heteroatoms. The second kappa shape index (κ2) is 12.9. The Balaban J connectivity index is 0.00000480. The number of thiazole rings is 1. The average Bonchev–Trinajstić information content (AvgIpc) is 3.09. The molecule has 0 bridgehead atoms. The first kappa shape index (κ1) is 27.2. The lowest BCUT2D eigenvalue weighted by Crippen LogP contribution is -2.38. The van der Waals surface area contributed by atoms with E-state index in [1.54, 1.807) is 27.0 Å². The summed E-state index contributed by atoms with van der Waals surface area (Å²) in [5, 5.41) is 7.29. The van der Waals surface area contributed by atoms with Crippen LogP contribution in [0, 0.1) is 12.7 Å². The number of benzene rings is 1. The molecule has 2 aromatic rings. The van der Waals surface area contributed by atoms with Crippen molar-refractivity contribution in [2.75, 3.05) is 27.7 Å². The van der Waals surface area contributed by atoms with Crippen molar-refractivity contribution in [1.82, 2.24) is 20.5 Å². The van der Waals surface area contributed by atoms with Gasteiger partial charge in [-0.25, -0.2) is 14.2 Å². The maximum Gasteiger partial charge on any atom is 0.350 e. The summed E-state index contributed by atoms with van der Waals surface area (Å²) in [6.07, 6.45) is 0. The molecule has 0 fully saturated rings. The van der Waals surface area contributed by atoms with Gasteiger partial charge in [-0.2, -0.15) is 0 Å². The van der Waals surface area contributed by atoms with Crippen molar-refractivity contribution in [3.63, 3.8) is 0 Å². The number of carbonyl (C=O) groups excluding carboxylic acids is 1. The number of nitrogens with one attached hydrogen (secondary N) is 2. The van der Waals surface area contributed by atoms with Crippen LogP contribution >= 0.6 is 35.3 Å². The maximum absolute atomic E-state index is 14.0. The van der Waals surface area contributed by atoms with Crippen LogP contribution in [0.2, 0.25) is 0 Å². The third-order valence-electron chi connectivity index (χ3n) is 4.28. The molecular weight excluding hydrogens is 532 g/mol. The van der Waals surface area contributed by atoms with E-state index in [-0.39, 0.29) is 41.8 Å². The van der Waals surface area contributed by atoms with Crippen LogP contribution in [0.4, 0.5) is 4.39 Å². The monoisotopic (exact) mass is 563 g/mol. The number of aliphatic imine (C=N–C) groups is 1. The number of ether oxygens (including phenoxy) is 1. The van der Waals surface area contributed by atoms with Gasteiger partial charge in [-0.05, 0) is 52.6 Å². The van der Waals surface area contributed by atoms with E-state index >= 15 is 0 Å². The van der Waals surface area contributed by atoms with Crippen LogP contribution in [0.5, 0.6) is 0 Å². The molecule has 7 nitrogen and oxygen atoms in total. The SMILES string of the molecule is CCOC(=O)c1sc(C(C)NC(=NC)NCc2ccc(F)c(CN(C)C)c2)nc1C.I. The van der Waals surface area contributed by atoms with Crippen LogP contribution < -0.4 is 10.6 Å². The second-order valence-electron chi connectivity index (χ2n) is 7.14. The normalized spacial score (nSPS) is 12.3. The van der Waals surface area contributed by atoms with Crippen LogP contribution in [0.1, 0.15) is 51.4 Å². The minimum atomic E-state index is -0.349. The van der Waals surface area contributed by atoms with Crippen molar-refractivity contribution < 1.29 is 13.9 Å². The van der Waals surface area contributed by atoms with Crippen molar-refractivity contribution in [1.29, 1.82) is 0 Å². The van der Waals surface area contributed by atoms with E-state index in [1.165, 1.54) is 17.4 Å². The first-order valence-electron chi connectivity index (χ1n) is 9.78. The predicted molar refractivity (Wildman–Crippen MR) is 134 cm³/mol. The molecule has 1 atom stereocenters. The van der Waals surface area contributed by atoms with Gasteiger partial charge in [-0.1, -0.05) is 6.07 Å². The van der Waals surface area contributed by atoms with E-state index in [4.69, 9.17) is 4.74 Å². The molecule has 172 valence electrons. The Morgan fingerprint density at radius 3 is 2.71 bits per heavy atom.